The van der Waals surface area contributed by atoms with Gasteiger partial charge in [0.1, 0.15) is 5.82 Å². The van der Waals surface area contributed by atoms with Crippen molar-refractivity contribution in [1.29, 1.82) is 0 Å². The Morgan fingerprint density at radius 3 is 2.43 bits per heavy atom. The number of aromatic nitrogens is 2. The minimum Gasteiger partial charge on any atom is -0.352 e. The smallest absolute Gasteiger partial charge is 0.234 e. The van der Waals surface area contributed by atoms with E-state index in [2.05, 4.69) is 68.7 Å². The molecule has 0 unspecified atom stereocenters. The van der Waals surface area contributed by atoms with Gasteiger partial charge in [0, 0.05) is 39.3 Å². The van der Waals surface area contributed by atoms with Gasteiger partial charge < -0.3 is 9.88 Å². The number of hydrogen-bond donors (Lipinski definition) is 1. The summed E-state index contributed by atoms with van der Waals surface area (Å²) in [4.78, 5) is 21.5. The third-order valence-corrected chi connectivity index (χ3v) is 5.56. The zero-order chi connectivity index (χ0) is 20.8. The Kier molecular flexibility index (Phi) is 6.57. The third-order valence-electron chi connectivity index (χ3n) is 5.56. The molecule has 0 atom stereocenters. The molecule has 6 heteroatoms. The highest BCUT2D eigenvalue weighted by atomic mass is 16.2. The van der Waals surface area contributed by atoms with Crippen molar-refractivity contribution in [2.45, 2.75) is 13.1 Å². The Hall–Kier alpha value is -2.96. The van der Waals surface area contributed by atoms with E-state index in [0.29, 0.717) is 13.1 Å². The number of para-hydroxylation sites is 2. The molecule has 156 valence electrons. The maximum Gasteiger partial charge on any atom is 0.234 e. The standard InChI is InChI=1S/C24H29N5O/c1-2-12-25-24(30)19-28-15-13-27(14-16-28)18-23-26-21-10-6-7-11-22(21)29(23)17-20-8-4-3-5-9-20/h2-11H,1,12-19H2,(H,25,30). The summed E-state index contributed by atoms with van der Waals surface area (Å²) >= 11 is 0. The maximum absolute atomic E-state index is 11.9. The zero-order valence-electron chi connectivity index (χ0n) is 17.3. The van der Waals surface area contributed by atoms with E-state index < -0.39 is 0 Å². The lowest BCUT2D eigenvalue weighted by Crippen LogP contribution is -2.49. The molecule has 0 bridgehead atoms. The molecule has 1 aliphatic rings. The number of imidazole rings is 1. The first-order valence-corrected chi connectivity index (χ1v) is 10.5. The van der Waals surface area contributed by atoms with E-state index in [1.165, 1.54) is 11.1 Å². The highest BCUT2D eigenvalue weighted by molar-refractivity contribution is 5.78. The number of benzene rings is 2. The van der Waals surface area contributed by atoms with Gasteiger partial charge >= 0.3 is 0 Å². The SMILES string of the molecule is C=CCNC(=O)CN1CCN(Cc2nc3ccccc3n2Cc2ccccc2)CC1. The predicted molar refractivity (Wildman–Crippen MR) is 120 cm³/mol. The van der Waals surface area contributed by atoms with Gasteiger partial charge in [-0.05, 0) is 17.7 Å². The van der Waals surface area contributed by atoms with Crippen molar-refractivity contribution in [3.05, 3.63) is 78.6 Å². The van der Waals surface area contributed by atoms with Crippen LogP contribution in [0.3, 0.4) is 0 Å². The van der Waals surface area contributed by atoms with E-state index in [1.807, 2.05) is 12.1 Å². The molecule has 1 amide bonds. The van der Waals surface area contributed by atoms with E-state index in [4.69, 9.17) is 4.98 Å². The van der Waals surface area contributed by atoms with Crippen molar-refractivity contribution in [3.8, 4) is 0 Å². The number of fused-ring (bicyclic) bond motifs is 1. The molecule has 1 N–H and O–H groups in total. The van der Waals surface area contributed by atoms with E-state index >= 15 is 0 Å². The number of amides is 1. The van der Waals surface area contributed by atoms with Gasteiger partial charge in [-0.3, -0.25) is 14.6 Å². The van der Waals surface area contributed by atoms with Crippen LogP contribution in [0.2, 0.25) is 0 Å². The number of carbonyl (C=O) groups excluding carboxylic acids is 1. The Morgan fingerprint density at radius 2 is 1.67 bits per heavy atom. The molecule has 1 aliphatic heterocycles. The summed E-state index contributed by atoms with van der Waals surface area (Å²) in [5.41, 5.74) is 3.49. The first-order valence-electron chi connectivity index (χ1n) is 10.5. The van der Waals surface area contributed by atoms with Gasteiger partial charge in [0.25, 0.3) is 0 Å². The predicted octanol–water partition coefficient (Wildman–Crippen LogP) is 2.50. The van der Waals surface area contributed by atoms with Crippen LogP contribution in [-0.4, -0.2) is 64.5 Å². The molecule has 1 fully saturated rings. The van der Waals surface area contributed by atoms with E-state index in [9.17, 15) is 4.79 Å². The van der Waals surface area contributed by atoms with Crippen molar-refractivity contribution in [1.82, 2.24) is 24.7 Å². The fourth-order valence-electron chi connectivity index (χ4n) is 3.94. The maximum atomic E-state index is 11.9. The van der Waals surface area contributed by atoms with Crippen LogP contribution in [0.15, 0.2) is 67.3 Å². The molecule has 0 aliphatic carbocycles. The van der Waals surface area contributed by atoms with Gasteiger partial charge in [0.05, 0.1) is 24.1 Å². The normalized spacial score (nSPS) is 15.3. The lowest BCUT2D eigenvalue weighted by molar-refractivity contribution is -0.122. The molecular formula is C24H29N5O. The highest BCUT2D eigenvalue weighted by Gasteiger charge is 2.21. The summed E-state index contributed by atoms with van der Waals surface area (Å²) < 4.78 is 2.33. The van der Waals surface area contributed by atoms with Crippen molar-refractivity contribution in [2.24, 2.45) is 0 Å². The van der Waals surface area contributed by atoms with Crippen molar-refractivity contribution >= 4 is 16.9 Å². The van der Waals surface area contributed by atoms with Crippen LogP contribution in [0.5, 0.6) is 0 Å². The Balaban J connectivity index is 1.42. The fourth-order valence-corrected chi connectivity index (χ4v) is 3.94. The molecule has 2 aromatic carbocycles. The summed E-state index contributed by atoms with van der Waals surface area (Å²) in [6, 6.07) is 18.9. The molecular weight excluding hydrogens is 374 g/mol. The van der Waals surface area contributed by atoms with Crippen LogP contribution >= 0.6 is 0 Å². The summed E-state index contributed by atoms with van der Waals surface area (Å²) in [6.45, 7) is 9.90. The second-order valence-electron chi connectivity index (χ2n) is 7.73. The largest absolute Gasteiger partial charge is 0.352 e. The number of piperazine rings is 1. The molecule has 0 radical (unpaired) electrons. The molecule has 4 rings (SSSR count). The monoisotopic (exact) mass is 403 g/mol. The van der Waals surface area contributed by atoms with E-state index in [0.717, 1.165) is 50.6 Å². The van der Waals surface area contributed by atoms with Gasteiger partial charge in [0.2, 0.25) is 5.91 Å². The minimum atomic E-state index is 0.0630. The first kappa shape index (κ1) is 20.3. The lowest BCUT2D eigenvalue weighted by atomic mass is 10.2. The van der Waals surface area contributed by atoms with Crippen molar-refractivity contribution < 1.29 is 4.79 Å². The van der Waals surface area contributed by atoms with E-state index in [-0.39, 0.29) is 5.91 Å². The second-order valence-corrected chi connectivity index (χ2v) is 7.73. The summed E-state index contributed by atoms with van der Waals surface area (Å²) in [5.74, 6) is 1.16. The molecule has 1 saturated heterocycles. The van der Waals surface area contributed by atoms with Gasteiger partial charge in [-0.25, -0.2) is 4.98 Å². The fraction of sp³-hybridized carbons (Fsp3) is 0.333. The molecule has 30 heavy (non-hydrogen) atoms. The van der Waals surface area contributed by atoms with E-state index in [1.54, 1.807) is 6.08 Å². The third kappa shape index (κ3) is 4.96. The zero-order valence-corrected chi connectivity index (χ0v) is 17.3. The van der Waals surface area contributed by atoms with Crippen molar-refractivity contribution in [3.63, 3.8) is 0 Å². The number of hydrogen-bond acceptors (Lipinski definition) is 4. The number of carbonyl (C=O) groups is 1. The molecule has 0 saturated carbocycles. The van der Waals surface area contributed by atoms with Gasteiger partial charge in [-0.2, -0.15) is 0 Å². The van der Waals surface area contributed by atoms with Gasteiger partial charge in [0.15, 0.2) is 0 Å². The Morgan fingerprint density at radius 1 is 0.967 bits per heavy atom. The molecule has 0 spiro atoms. The average molecular weight is 404 g/mol. The van der Waals surface area contributed by atoms with Gasteiger partial charge in [-0.1, -0.05) is 48.5 Å². The van der Waals surface area contributed by atoms with Crippen LogP contribution in [0, 0.1) is 0 Å². The summed E-state index contributed by atoms with van der Waals surface area (Å²) in [6.07, 6.45) is 1.71. The first-order chi connectivity index (χ1) is 14.7. The Labute approximate surface area is 177 Å². The Bertz CT molecular complexity index is 989. The quantitative estimate of drug-likeness (QED) is 0.587. The summed E-state index contributed by atoms with van der Waals surface area (Å²) in [7, 11) is 0. The minimum absolute atomic E-state index is 0.0630. The van der Waals surface area contributed by atoms with Crippen LogP contribution in [0.4, 0.5) is 0 Å². The van der Waals surface area contributed by atoms with Crippen LogP contribution in [-0.2, 0) is 17.9 Å². The number of rotatable bonds is 8. The lowest BCUT2D eigenvalue weighted by Gasteiger charge is -2.34. The number of nitrogens with zero attached hydrogens (tertiary/aromatic N) is 4. The van der Waals surface area contributed by atoms with Gasteiger partial charge in [-0.15, -0.1) is 6.58 Å². The summed E-state index contributed by atoms with van der Waals surface area (Å²) in [5, 5.41) is 2.85. The highest BCUT2D eigenvalue weighted by Crippen LogP contribution is 2.20. The van der Waals surface area contributed by atoms with Crippen molar-refractivity contribution in [2.75, 3.05) is 39.3 Å². The molecule has 2 heterocycles. The van der Waals surface area contributed by atoms with Crippen LogP contribution < -0.4 is 5.32 Å². The topological polar surface area (TPSA) is 53.4 Å². The molecule has 1 aromatic heterocycles. The van der Waals surface area contributed by atoms with Crippen LogP contribution in [0.25, 0.3) is 11.0 Å². The second kappa shape index (κ2) is 9.69. The molecule has 3 aromatic rings. The average Bonchev–Trinajstić information content (AvgIpc) is 3.11. The van der Waals surface area contributed by atoms with Crippen LogP contribution in [0.1, 0.15) is 11.4 Å². The molecule has 6 nitrogen and oxygen atoms in total. The number of nitrogens with one attached hydrogen (secondary N) is 1.